The Kier molecular flexibility index (Phi) is 4.27. The van der Waals surface area contributed by atoms with Crippen LogP contribution in [0.3, 0.4) is 0 Å². The van der Waals surface area contributed by atoms with Gasteiger partial charge in [0.1, 0.15) is 28.8 Å². The lowest BCUT2D eigenvalue weighted by molar-refractivity contribution is -0.138. The predicted octanol–water partition coefficient (Wildman–Crippen LogP) is 5.09. The first-order valence-electron chi connectivity index (χ1n) is 9.78. The van der Waals surface area contributed by atoms with Crippen LogP contribution in [0.4, 0.5) is 22.0 Å². The maximum Gasteiger partial charge on any atom is 0.423 e. The van der Waals surface area contributed by atoms with Gasteiger partial charge in [0.05, 0.1) is 6.61 Å². The van der Waals surface area contributed by atoms with Gasteiger partial charge in [0.2, 0.25) is 0 Å². The maximum absolute atomic E-state index is 13.9. The Labute approximate surface area is 168 Å². The summed E-state index contributed by atoms with van der Waals surface area (Å²) in [4.78, 5) is 0. The van der Waals surface area contributed by atoms with Gasteiger partial charge < -0.3 is 4.74 Å². The third-order valence-corrected chi connectivity index (χ3v) is 5.90. The van der Waals surface area contributed by atoms with E-state index in [1.54, 1.807) is 0 Å². The molecule has 2 aliphatic carbocycles. The van der Waals surface area contributed by atoms with Gasteiger partial charge in [0.25, 0.3) is 0 Å². The molecule has 0 unspecified atom stereocenters. The van der Waals surface area contributed by atoms with E-state index in [2.05, 4.69) is 10.2 Å². The number of pyridine rings is 1. The summed E-state index contributed by atoms with van der Waals surface area (Å²) in [7, 11) is 0. The Hall–Kier alpha value is -2.71. The zero-order valence-electron chi connectivity index (χ0n) is 15.8. The third kappa shape index (κ3) is 3.50. The Bertz CT molecular complexity index is 1100. The Morgan fingerprint density at radius 1 is 1.07 bits per heavy atom. The molecule has 0 atom stereocenters. The molecule has 4 nitrogen and oxygen atoms in total. The van der Waals surface area contributed by atoms with E-state index in [4.69, 9.17) is 4.74 Å². The van der Waals surface area contributed by atoms with Crippen molar-refractivity contribution in [3.05, 3.63) is 59.0 Å². The van der Waals surface area contributed by atoms with Gasteiger partial charge in [-0.1, -0.05) is 0 Å². The highest BCUT2D eigenvalue weighted by Gasteiger charge is 2.47. The van der Waals surface area contributed by atoms with Crippen LogP contribution in [0.15, 0.2) is 30.5 Å². The summed E-state index contributed by atoms with van der Waals surface area (Å²) >= 11 is 0. The molecule has 2 aromatic heterocycles. The van der Waals surface area contributed by atoms with E-state index >= 15 is 0 Å². The van der Waals surface area contributed by atoms with Crippen molar-refractivity contribution in [3.63, 3.8) is 0 Å². The van der Waals surface area contributed by atoms with Crippen molar-refractivity contribution in [2.45, 2.75) is 43.7 Å². The maximum atomic E-state index is 13.9. The molecule has 158 valence electrons. The molecule has 9 heteroatoms. The second-order valence-corrected chi connectivity index (χ2v) is 8.24. The molecule has 2 aliphatic rings. The van der Waals surface area contributed by atoms with Gasteiger partial charge in [0.15, 0.2) is 5.65 Å². The predicted molar refractivity (Wildman–Crippen MR) is 97.2 cm³/mol. The molecule has 1 aromatic carbocycles. The SMILES string of the molecule is Fc1cc(F)cc(C2(COc3ccn4c(CC5CC5)nnc4c3C(F)(F)F)CC2)c1. The Balaban J connectivity index is 1.46. The topological polar surface area (TPSA) is 39.4 Å². The van der Waals surface area contributed by atoms with Gasteiger partial charge in [-0.2, -0.15) is 13.2 Å². The molecule has 0 aliphatic heterocycles. The zero-order valence-corrected chi connectivity index (χ0v) is 15.8. The molecule has 0 bridgehead atoms. The van der Waals surface area contributed by atoms with Crippen molar-refractivity contribution >= 4 is 5.65 Å². The average molecular weight is 423 g/mol. The van der Waals surface area contributed by atoms with Crippen LogP contribution in [0.2, 0.25) is 0 Å². The number of rotatable bonds is 6. The van der Waals surface area contributed by atoms with Crippen LogP contribution in [-0.4, -0.2) is 21.2 Å². The second-order valence-electron chi connectivity index (χ2n) is 8.24. The van der Waals surface area contributed by atoms with Gasteiger partial charge in [-0.15, -0.1) is 10.2 Å². The van der Waals surface area contributed by atoms with Crippen molar-refractivity contribution in [2.75, 3.05) is 6.61 Å². The van der Waals surface area contributed by atoms with E-state index in [1.165, 1.54) is 28.8 Å². The van der Waals surface area contributed by atoms with E-state index in [1.807, 2.05) is 0 Å². The minimum absolute atomic E-state index is 0.113. The first kappa shape index (κ1) is 19.3. The molecule has 0 spiro atoms. The molecular weight excluding hydrogens is 405 g/mol. The second kappa shape index (κ2) is 6.65. The van der Waals surface area contributed by atoms with Gasteiger partial charge in [-0.25, -0.2) is 8.78 Å². The minimum Gasteiger partial charge on any atom is -0.492 e. The van der Waals surface area contributed by atoms with Crippen LogP contribution in [0.25, 0.3) is 5.65 Å². The van der Waals surface area contributed by atoms with Crippen LogP contribution in [-0.2, 0) is 18.0 Å². The van der Waals surface area contributed by atoms with Crippen molar-refractivity contribution < 1.29 is 26.7 Å². The van der Waals surface area contributed by atoms with Gasteiger partial charge >= 0.3 is 6.18 Å². The molecule has 0 amide bonds. The smallest absolute Gasteiger partial charge is 0.423 e. The van der Waals surface area contributed by atoms with Gasteiger partial charge in [0, 0.05) is 24.1 Å². The fourth-order valence-electron chi connectivity index (χ4n) is 3.84. The molecule has 3 aromatic rings. The van der Waals surface area contributed by atoms with E-state index in [9.17, 15) is 22.0 Å². The average Bonchev–Trinajstić information content (AvgIpc) is 3.58. The fourth-order valence-corrected chi connectivity index (χ4v) is 3.84. The molecule has 0 saturated heterocycles. The fraction of sp³-hybridized carbons (Fsp3) is 0.429. The number of halogens is 5. The summed E-state index contributed by atoms with van der Waals surface area (Å²) in [6, 6.07) is 4.43. The lowest BCUT2D eigenvalue weighted by Gasteiger charge is -2.20. The van der Waals surface area contributed by atoms with Crippen molar-refractivity contribution in [2.24, 2.45) is 5.92 Å². The third-order valence-electron chi connectivity index (χ3n) is 5.90. The van der Waals surface area contributed by atoms with Crippen molar-refractivity contribution in [1.82, 2.24) is 14.6 Å². The number of hydrogen-bond donors (Lipinski definition) is 0. The van der Waals surface area contributed by atoms with Crippen LogP contribution >= 0.6 is 0 Å². The number of ether oxygens (including phenoxy) is 1. The lowest BCUT2D eigenvalue weighted by Crippen LogP contribution is -2.20. The monoisotopic (exact) mass is 423 g/mol. The van der Waals surface area contributed by atoms with Crippen molar-refractivity contribution in [1.29, 1.82) is 0 Å². The summed E-state index contributed by atoms with van der Waals surface area (Å²) in [5.74, 6) is -0.855. The standard InChI is InChI=1S/C21H18F5N3O/c22-14-8-13(9-15(23)10-14)20(4-5-20)11-30-16-3-6-29-17(7-12-1-2-12)27-28-19(29)18(16)21(24,25)26/h3,6,8-10,12H,1-2,4-5,7,11H2. The summed E-state index contributed by atoms with van der Waals surface area (Å²) in [5.41, 5.74) is -1.58. The molecule has 0 radical (unpaired) electrons. The van der Waals surface area contributed by atoms with Crippen LogP contribution in [0, 0.1) is 17.6 Å². The van der Waals surface area contributed by atoms with Crippen LogP contribution < -0.4 is 4.74 Å². The number of benzene rings is 1. The Morgan fingerprint density at radius 3 is 2.37 bits per heavy atom. The molecule has 30 heavy (non-hydrogen) atoms. The minimum atomic E-state index is -4.69. The molecule has 0 N–H and O–H groups in total. The lowest BCUT2D eigenvalue weighted by atomic mass is 9.96. The summed E-state index contributed by atoms with van der Waals surface area (Å²) in [6.07, 6.45) is 0.636. The van der Waals surface area contributed by atoms with Crippen LogP contribution in [0.5, 0.6) is 5.75 Å². The highest BCUT2D eigenvalue weighted by Crippen LogP contribution is 2.49. The van der Waals surface area contributed by atoms with E-state index < -0.39 is 28.8 Å². The van der Waals surface area contributed by atoms with Crippen molar-refractivity contribution in [3.8, 4) is 5.75 Å². The first-order valence-corrected chi connectivity index (χ1v) is 9.78. The number of aromatic nitrogens is 3. The number of hydrogen-bond acceptors (Lipinski definition) is 3. The largest absolute Gasteiger partial charge is 0.492 e. The highest BCUT2D eigenvalue weighted by molar-refractivity contribution is 5.57. The summed E-state index contributed by atoms with van der Waals surface area (Å²) < 4.78 is 75.7. The van der Waals surface area contributed by atoms with Crippen LogP contribution in [0.1, 0.15) is 42.6 Å². The number of fused-ring (bicyclic) bond motifs is 1. The summed E-state index contributed by atoms with van der Waals surface area (Å²) in [5, 5.41) is 7.73. The molecule has 2 saturated carbocycles. The number of alkyl halides is 3. The Morgan fingerprint density at radius 2 is 1.77 bits per heavy atom. The molecule has 5 rings (SSSR count). The normalized spacial score (nSPS) is 18.0. The molecule has 2 heterocycles. The van der Waals surface area contributed by atoms with E-state index in [0.717, 1.165) is 18.9 Å². The first-order chi connectivity index (χ1) is 14.2. The quantitative estimate of drug-likeness (QED) is 0.519. The number of nitrogens with zero attached hydrogens (tertiary/aromatic N) is 3. The van der Waals surface area contributed by atoms with Gasteiger partial charge in [-0.3, -0.25) is 4.40 Å². The molecule has 2 fully saturated rings. The molecular formula is C21H18F5N3O. The summed E-state index contributed by atoms with van der Waals surface area (Å²) in [6.45, 7) is -0.113. The van der Waals surface area contributed by atoms with E-state index in [-0.39, 0.29) is 18.0 Å². The highest BCUT2D eigenvalue weighted by atomic mass is 19.4. The van der Waals surface area contributed by atoms with Gasteiger partial charge in [-0.05, 0) is 55.4 Å². The zero-order chi connectivity index (χ0) is 21.1. The van der Waals surface area contributed by atoms with E-state index in [0.29, 0.717) is 36.6 Å².